The fourth-order valence-corrected chi connectivity index (χ4v) is 5.08. The molecule has 30 heavy (non-hydrogen) atoms. The van der Waals surface area contributed by atoms with Crippen LogP contribution in [0, 0.1) is 6.92 Å². The Morgan fingerprint density at radius 3 is 2.23 bits per heavy atom. The number of benzene rings is 1. The molecule has 0 atom stereocenters. The molecule has 0 radical (unpaired) electrons. The number of rotatable bonds is 5. The Bertz CT molecular complexity index is 969. The molecule has 1 aromatic carbocycles. The summed E-state index contributed by atoms with van der Waals surface area (Å²) in [5, 5.41) is 0. The molecule has 0 amide bonds. The highest BCUT2D eigenvalue weighted by atomic mass is 32.2. The van der Waals surface area contributed by atoms with E-state index in [1.807, 2.05) is 13.0 Å². The zero-order valence-corrected chi connectivity index (χ0v) is 18.1. The summed E-state index contributed by atoms with van der Waals surface area (Å²) >= 11 is 0. The van der Waals surface area contributed by atoms with Gasteiger partial charge in [0.1, 0.15) is 11.6 Å². The molecule has 0 N–H and O–H groups in total. The van der Waals surface area contributed by atoms with Gasteiger partial charge in [-0.3, -0.25) is 0 Å². The molecule has 0 bridgehead atoms. The number of aromatic nitrogens is 2. The van der Waals surface area contributed by atoms with Crippen molar-refractivity contribution in [1.82, 2.24) is 14.3 Å². The van der Waals surface area contributed by atoms with Gasteiger partial charge in [-0.1, -0.05) is 0 Å². The predicted octanol–water partition coefficient (Wildman–Crippen LogP) is 1.14. The van der Waals surface area contributed by atoms with Gasteiger partial charge in [0.2, 0.25) is 16.0 Å². The summed E-state index contributed by atoms with van der Waals surface area (Å²) in [6.07, 6.45) is 0. The van der Waals surface area contributed by atoms with Crippen molar-refractivity contribution in [3.05, 3.63) is 36.0 Å². The van der Waals surface area contributed by atoms with Crippen molar-refractivity contribution in [2.24, 2.45) is 0 Å². The van der Waals surface area contributed by atoms with Gasteiger partial charge >= 0.3 is 0 Å². The first kappa shape index (κ1) is 20.8. The maximum absolute atomic E-state index is 13.0. The molecule has 9 nitrogen and oxygen atoms in total. The van der Waals surface area contributed by atoms with Crippen LogP contribution in [0.25, 0.3) is 0 Å². The highest BCUT2D eigenvalue weighted by Crippen LogP contribution is 2.23. The van der Waals surface area contributed by atoms with Gasteiger partial charge in [0, 0.05) is 51.0 Å². The topological polar surface area (TPSA) is 88.1 Å². The van der Waals surface area contributed by atoms with E-state index < -0.39 is 10.0 Å². The number of nitrogens with zero attached hydrogens (tertiary/aromatic N) is 5. The van der Waals surface area contributed by atoms with Crippen LogP contribution >= 0.6 is 0 Å². The third-order valence-electron chi connectivity index (χ3n) is 5.38. The van der Waals surface area contributed by atoms with Gasteiger partial charge in [0.05, 0.1) is 25.2 Å². The molecule has 2 aliphatic rings. The number of methoxy groups -OCH3 is 1. The van der Waals surface area contributed by atoms with Gasteiger partial charge in [-0.15, -0.1) is 0 Å². The van der Waals surface area contributed by atoms with E-state index in [-0.39, 0.29) is 4.90 Å². The van der Waals surface area contributed by atoms with E-state index in [2.05, 4.69) is 14.8 Å². The molecule has 2 aliphatic heterocycles. The number of piperazine rings is 1. The van der Waals surface area contributed by atoms with Gasteiger partial charge in [0.25, 0.3) is 0 Å². The molecule has 0 saturated carbocycles. The van der Waals surface area contributed by atoms with Crippen molar-refractivity contribution < 1.29 is 17.9 Å². The summed E-state index contributed by atoms with van der Waals surface area (Å²) < 4.78 is 38.0. The van der Waals surface area contributed by atoms with E-state index in [4.69, 9.17) is 14.5 Å². The zero-order chi connectivity index (χ0) is 21.1. The summed E-state index contributed by atoms with van der Waals surface area (Å²) in [5.74, 6) is 2.18. The first-order valence-electron chi connectivity index (χ1n) is 10.0. The molecule has 162 valence electrons. The summed E-state index contributed by atoms with van der Waals surface area (Å²) in [6, 6.07) is 8.48. The lowest BCUT2D eigenvalue weighted by atomic mass is 10.3. The summed E-state index contributed by atoms with van der Waals surface area (Å²) in [7, 11) is -1.98. The Labute approximate surface area is 177 Å². The Morgan fingerprint density at radius 1 is 0.933 bits per heavy atom. The van der Waals surface area contributed by atoms with Crippen LogP contribution in [0.5, 0.6) is 5.75 Å². The fourth-order valence-electron chi connectivity index (χ4n) is 3.66. The fraction of sp³-hybridized carbons (Fsp3) is 0.500. The normalized spacial score (nSPS) is 18.5. The standard InChI is InChI=1S/C20H27N5O4S/c1-16-15-19(23-11-13-29-14-12-23)22-20(21-16)24-7-9-25(10-8-24)30(26,27)18-5-3-17(28-2)4-6-18/h3-6,15H,7-14H2,1-2H3. The molecule has 0 unspecified atom stereocenters. The highest BCUT2D eigenvalue weighted by molar-refractivity contribution is 7.89. The molecule has 0 aliphatic carbocycles. The Balaban J connectivity index is 1.45. The lowest BCUT2D eigenvalue weighted by Gasteiger charge is -2.35. The molecular weight excluding hydrogens is 406 g/mol. The second kappa shape index (κ2) is 8.75. The van der Waals surface area contributed by atoms with Crippen molar-refractivity contribution in [3.8, 4) is 5.75 Å². The van der Waals surface area contributed by atoms with Crippen molar-refractivity contribution in [3.63, 3.8) is 0 Å². The van der Waals surface area contributed by atoms with Crippen LogP contribution in [0.15, 0.2) is 35.2 Å². The van der Waals surface area contributed by atoms with Crippen molar-refractivity contribution >= 4 is 21.8 Å². The van der Waals surface area contributed by atoms with Crippen LogP contribution in [-0.4, -0.2) is 82.3 Å². The van der Waals surface area contributed by atoms with Gasteiger partial charge in [-0.25, -0.2) is 13.4 Å². The highest BCUT2D eigenvalue weighted by Gasteiger charge is 2.29. The lowest BCUT2D eigenvalue weighted by Crippen LogP contribution is -2.49. The minimum atomic E-state index is -3.54. The maximum Gasteiger partial charge on any atom is 0.243 e. The van der Waals surface area contributed by atoms with E-state index >= 15 is 0 Å². The third kappa shape index (κ3) is 4.35. The average molecular weight is 434 g/mol. The number of hydrogen-bond acceptors (Lipinski definition) is 8. The first-order valence-corrected chi connectivity index (χ1v) is 11.5. The molecule has 2 aromatic rings. The van der Waals surface area contributed by atoms with Crippen molar-refractivity contribution in [1.29, 1.82) is 0 Å². The van der Waals surface area contributed by atoms with Crippen LogP contribution in [-0.2, 0) is 14.8 Å². The second-order valence-electron chi connectivity index (χ2n) is 7.33. The Morgan fingerprint density at radius 2 is 1.60 bits per heavy atom. The van der Waals surface area contributed by atoms with Crippen LogP contribution in [0.1, 0.15) is 5.69 Å². The minimum Gasteiger partial charge on any atom is -0.497 e. The Kier molecular flexibility index (Phi) is 6.07. The molecule has 2 fully saturated rings. The predicted molar refractivity (Wildman–Crippen MR) is 114 cm³/mol. The van der Waals surface area contributed by atoms with Crippen LogP contribution < -0.4 is 14.5 Å². The minimum absolute atomic E-state index is 0.276. The molecule has 4 rings (SSSR count). The number of morpholine rings is 1. The molecular formula is C20H27N5O4S. The van der Waals surface area contributed by atoms with Crippen LogP contribution in [0.4, 0.5) is 11.8 Å². The summed E-state index contributed by atoms with van der Waals surface area (Å²) in [5.41, 5.74) is 0.898. The van der Waals surface area contributed by atoms with Gasteiger partial charge in [-0.05, 0) is 31.2 Å². The number of ether oxygens (including phenoxy) is 2. The van der Waals surface area contributed by atoms with Gasteiger partial charge < -0.3 is 19.3 Å². The summed E-state index contributed by atoms with van der Waals surface area (Å²) in [4.78, 5) is 13.9. The quantitative estimate of drug-likeness (QED) is 0.694. The van der Waals surface area contributed by atoms with Crippen molar-refractivity contribution in [2.75, 3.05) is 69.4 Å². The van der Waals surface area contributed by atoms with Gasteiger partial charge in [0.15, 0.2) is 0 Å². The average Bonchev–Trinajstić information content (AvgIpc) is 2.79. The van der Waals surface area contributed by atoms with E-state index in [9.17, 15) is 8.42 Å². The lowest BCUT2D eigenvalue weighted by molar-refractivity contribution is 0.122. The third-order valence-corrected chi connectivity index (χ3v) is 7.30. The largest absolute Gasteiger partial charge is 0.497 e. The van der Waals surface area contributed by atoms with Crippen LogP contribution in [0.2, 0.25) is 0 Å². The van der Waals surface area contributed by atoms with Gasteiger partial charge in [-0.2, -0.15) is 9.29 Å². The zero-order valence-electron chi connectivity index (χ0n) is 17.3. The molecule has 0 spiro atoms. The smallest absolute Gasteiger partial charge is 0.243 e. The van der Waals surface area contributed by atoms with E-state index in [1.165, 1.54) is 4.31 Å². The molecule has 10 heteroatoms. The first-order chi connectivity index (χ1) is 14.5. The maximum atomic E-state index is 13.0. The van der Waals surface area contributed by atoms with E-state index in [1.54, 1.807) is 31.4 Å². The number of anilines is 2. The Hall–Kier alpha value is -2.43. The summed E-state index contributed by atoms with van der Waals surface area (Å²) in [6.45, 7) is 6.83. The van der Waals surface area contributed by atoms with E-state index in [0.717, 1.165) is 24.6 Å². The number of sulfonamides is 1. The number of hydrogen-bond donors (Lipinski definition) is 0. The second-order valence-corrected chi connectivity index (χ2v) is 9.27. The molecule has 2 saturated heterocycles. The van der Waals surface area contributed by atoms with E-state index in [0.29, 0.717) is 51.1 Å². The SMILES string of the molecule is COc1ccc(S(=O)(=O)N2CCN(c3nc(C)cc(N4CCOCC4)n3)CC2)cc1. The van der Waals surface area contributed by atoms with Crippen molar-refractivity contribution in [2.45, 2.75) is 11.8 Å². The molecule has 1 aromatic heterocycles. The monoisotopic (exact) mass is 433 g/mol. The molecule has 3 heterocycles. The van der Waals surface area contributed by atoms with Crippen LogP contribution in [0.3, 0.4) is 0 Å². The number of aryl methyl sites for hydroxylation is 1.